The van der Waals surface area contributed by atoms with E-state index in [4.69, 9.17) is 4.74 Å². The highest BCUT2D eigenvalue weighted by atomic mass is 16.5. The molecular formula is C11H20O3. The van der Waals surface area contributed by atoms with Gasteiger partial charge in [-0.25, -0.2) is 0 Å². The number of hydrogen-bond donors (Lipinski definition) is 2. The highest BCUT2D eigenvalue weighted by Gasteiger charge is 2.49. The van der Waals surface area contributed by atoms with E-state index in [9.17, 15) is 10.2 Å². The van der Waals surface area contributed by atoms with Gasteiger partial charge in [0.25, 0.3) is 0 Å². The van der Waals surface area contributed by atoms with Crippen molar-refractivity contribution in [3.8, 4) is 0 Å². The maximum Gasteiger partial charge on any atom is 0.0977 e. The van der Waals surface area contributed by atoms with Crippen LogP contribution in [0.25, 0.3) is 0 Å². The Balaban J connectivity index is 2.09. The topological polar surface area (TPSA) is 49.7 Å². The molecule has 0 spiro atoms. The van der Waals surface area contributed by atoms with Crippen molar-refractivity contribution in [1.82, 2.24) is 0 Å². The fourth-order valence-electron chi connectivity index (χ4n) is 2.78. The predicted molar refractivity (Wildman–Crippen MR) is 53.0 cm³/mol. The van der Waals surface area contributed by atoms with Crippen molar-refractivity contribution < 1.29 is 14.9 Å². The van der Waals surface area contributed by atoms with Crippen LogP contribution >= 0.6 is 0 Å². The lowest BCUT2D eigenvalue weighted by Crippen LogP contribution is -2.57. The van der Waals surface area contributed by atoms with Crippen molar-refractivity contribution in [3.05, 3.63) is 0 Å². The smallest absolute Gasteiger partial charge is 0.0977 e. The van der Waals surface area contributed by atoms with Crippen LogP contribution in [0.2, 0.25) is 0 Å². The summed E-state index contributed by atoms with van der Waals surface area (Å²) in [4.78, 5) is 0. The lowest BCUT2D eigenvalue weighted by molar-refractivity contribution is -0.201. The Morgan fingerprint density at radius 1 is 0.714 bits per heavy atom. The second kappa shape index (κ2) is 3.80. The van der Waals surface area contributed by atoms with Gasteiger partial charge in [0.1, 0.15) is 0 Å². The van der Waals surface area contributed by atoms with E-state index in [0.717, 1.165) is 25.7 Å². The Morgan fingerprint density at radius 2 is 1.21 bits per heavy atom. The first kappa shape index (κ1) is 10.4. The molecule has 2 fully saturated rings. The minimum Gasteiger partial charge on any atom is -0.387 e. The fourth-order valence-corrected chi connectivity index (χ4v) is 2.78. The van der Waals surface area contributed by atoms with Gasteiger partial charge in [0.2, 0.25) is 0 Å². The number of ether oxygens (including phenoxy) is 1. The summed E-state index contributed by atoms with van der Waals surface area (Å²) >= 11 is 0. The summed E-state index contributed by atoms with van der Waals surface area (Å²) in [6.45, 7) is 1.16. The molecule has 0 amide bonds. The van der Waals surface area contributed by atoms with E-state index in [1.54, 1.807) is 0 Å². The maximum atomic E-state index is 10.4. The van der Waals surface area contributed by atoms with Gasteiger partial charge in [0.15, 0.2) is 0 Å². The molecule has 1 saturated carbocycles. The van der Waals surface area contributed by atoms with Gasteiger partial charge in [-0.2, -0.15) is 0 Å². The van der Waals surface area contributed by atoms with Gasteiger partial charge in [-0.15, -0.1) is 0 Å². The highest BCUT2D eigenvalue weighted by molar-refractivity contribution is 5.02. The van der Waals surface area contributed by atoms with Crippen LogP contribution in [0.1, 0.15) is 44.9 Å². The molecule has 0 aromatic heterocycles. The van der Waals surface area contributed by atoms with E-state index in [2.05, 4.69) is 0 Å². The summed E-state index contributed by atoms with van der Waals surface area (Å²) in [5, 5.41) is 20.9. The second-order valence-corrected chi connectivity index (χ2v) is 4.74. The average Bonchev–Trinajstić information content (AvgIpc) is 2.20. The van der Waals surface area contributed by atoms with E-state index in [1.807, 2.05) is 0 Å². The highest BCUT2D eigenvalue weighted by Crippen LogP contribution is 2.41. The zero-order valence-corrected chi connectivity index (χ0v) is 8.67. The van der Waals surface area contributed by atoms with Gasteiger partial charge in [-0.1, -0.05) is 19.3 Å². The Morgan fingerprint density at radius 3 is 1.79 bits per heavy atom. The molecule has 2 rings (SSSR count). The van der Waals surface area contributed by atoms with E-state index >= 15 is 0 Å². The lowest BCUT2D eigenvalue weighted by atomic mass is 9.69. The summed E-state index contributed by atoms with van der Waals surface area (Å²) < 4.78 is 5.23. The van der Waals surface area contributed by atoms with Gasteiger partial charge >= 0.3 is 0 Å². The van der Waals surface area contributed by atoms with Crippen molar-refractivity contribution in [1.29, 1.82) is 0 Å². The molecule has 3 heteroatoms. The van der Waals surface area contributed by atoms with Crippen LogP contribution in [0.3, 0.4) is 0 Å². The van der Waals surface area contributed by atoms with Crippen LogP contribution in [0.5, 0.6) is 0 Å². The summed E-state index contributed by atoms with van der Waals surface area (Å²) in [6, 6.07) is 0. The summed E-state index contributed by atoms with van der Waals surface area (Å²) in [5.74, 6) is 0. The van der Waals surface area contributed by atoms with Gasteiger partial charge in [-0.05, 0) is 12.8 Å². The van der Waals surface area contributed by atoms with Gasteiger partial charge in [-0.3, -0.25) is 0 Å². The molecule has 0 atom stereocenters. The summed E-state index contributed by atoms with van der Waals surface area (Å²) in [5.41, 5.74) is -1.72. The third-order valence-corrected chi connectivity index (χ3v) is 3.87. The molecule has 2 aliphatic rings. The quantitative estimate of drug-likeness (QED) is 0.669. The first-order valence-corrected chi connectivity index (χ1v) is 5.69. The SMILES string of the molecule is OC1(C2(O)CCOCC2)CCCCC1. The van der Waals surface area contributed by atoms with Crippen molar-refractivity contribution >= 4 is 0 Å². The third kappa shape index (κ3) is 1.69. The fraction of sp³-hybridized carbons (Fsp3) is 1.00. The first-order chi connectivity index (χ1) is 6.66. The van der Waals surface area contributed by atoms with E-state index in [0.29, 0.717) is 26.1 Å². The molecule has 0 bridgehead atoms. The molecule has 1 saturated heterocycles. The molecule has 14 heavy (non-hydrogen) atoms. The Bertz CT molecular complexity index is 169. The Kier molecular flexibility index (Phi) is 2.82. The first-order valence-electron chi connectivity index (χ1n) is 5.69. The number of aliphatic hydroxyl groups is 2. The van der Waals surface area contributed by atoms with Gasteiger partial charge in [0, 0.05) is 26.1 Å². The van der Waals surface area contributed by atoms with Crippen LogP contribution in [0, 0.1) is 0 Å². The third-order valence-electron chi connectivity index (χ3n) is 3.87. The Hall–Kier alpha value is -0.120. The molecule has 1 aliphatic carbocycles. The molecule has 0 unspecified atom stereocenters. The van der Waals surface area contributed by atoms with Crippen LogP contribution in [-0.2, 0) is 4.74 Å². The standard InChI is InChI=1S/C11H20O3/c12-10(4-2-1-3-5-10)11(13)6-8-14-9-7-11/h12-13H,1-9H2. The van der Waals surface area contributed by atoms with Crippen LogP contribution in [-0.4, -0.2) is 34.6 Å². The number of rotatable bonds is 1. The van der Waals surface area contributed by atoms with Gasteiger partial charge in [0.05, 0.1) is 11.2 Å². The lowest BCUT2D eigenvalue weighted by Gasteiger charge is -2.47. The molecule has 3 nitrogen and oxygen atoms in total. The zero-order valence-electron chi connectivity index (χ0n) is 8.67. The molecule has 82 valence electrons. The van der Waals surface area contributed by atoms with Crippen LogP contribution in [0.4, 0.5) is 0 Å². The predicted octanol–water partition coefficient (Wildman–Crippen LogP) is 1.22. The van der Waals surface area contributed by atoms with E-state index in [-0.39, 0.29) is 0 Å². The molecule has 0 aromatic rings. The average molecular weight is 200 g/mol. The molecule has 0 aromatic carbocycles. The summed E-state index contributed by atoms with van der Waals surface area (Å²) in [7, 11) is 0. The number of hydrogen-bond acceptors (Lipinski definition) is 3. The molecule has 1 heterocycles. The maximum absolute atomic E-state index is 10.4. The van der Waals surface area contributed by atoms with Crippen LogP contribution < -0.4 is 0 Å². The van der Waals surface area contributed by atoms with Crippen molar-refractivity contribution in [2.45, 2.75) is 56.1 Å². The molecule has 2 N–H and O–H groups in total. The minimum atomic E-state index is -0.883. The second-order valence-electron chi connectivity index (χ2n) is 4.74. The van der Waals surface area contributed by atoms with Gasteiger partial charge < -0.3 is 14.9 Å². The summed E-state index contributed by atoms with van der Waals surface area (Å²) in [6.07, 6.45) is 5.95. The zero-order chi connectivity index (χ0) is 10.1. The largest absolute Gasteiger partial charge is 0.387 e. The normalized spacial score (nSPS) is 31.3. The van der Waals surface area contributed by atoms with Crippen molar-refractivity contribution in [2.75, 3.05) is 13.2 Å². The van der Waals surface area contributed by atoms with E-state index < -0.39 is 11.2 Å². The van der Waals surface area contributed by atoms with Crippen LogP contribution in [0.15, 0.2) is 0 Å². The molecule has 1 aliphatic heterocycles. The Labute approximate surface area is 85.1 Å². The van der Waals surface area contributed by atoms with E-state index in [1.165, 1.54) is 6.42 Å². The molecular weight excluding hydrogens is 180 g/mol. The van der Waals surface area contributed by atoms with Crippen molar-refractivity contribution in [2.24, 2.45) is 0 Å². The minimum absolute atomic E-state index is 0.582. The molecule has 0 radical (unpaired) electrons. The van der Waals surface area contributed by atoms with Crippen molar-refractivity contribution in [3.63, 3.8) is 0 Å². The monoisotopic (exact) mass is 200 g/mol.